The Kier molecular flexibility index (Phi) is 5.22. The van der Waals surface area contributed by atoms with Gasteiger partial charge in [0.15, 0.2) is 0 Å². The number of hydrogen-bond donors (Lipinski definition) is 1. The monoisotopic (exact) mass is 211 g/mol. The Morgan fingerprint density at radius 3 is 2.80 bits per heavy atom. The number of carbonyl (C=O) groups is 1. The fraction of sp³-hybridized carbons (Fsp3) is 0.750. The second-order valence-electron chi connectivity index (χ2n) is 4.06. The molecular formula is C12H21NO2. The number of amides is 1. The highest BCUT2D eigenvalue weighted by Crippen LogP contribution is 2.16. The SMILES string of the molecule is C=C[C@@H]1OC(=O)N[C@@H]1CCCCCCC. The first-order valence-corrected chi connectivity index (χ1v) is 5.87. The van der Waals surface area contributed by atoms with Crippen LogP contribution in [0.3, 0.4) is 0 Å². The zero-order chi connectivity index (χ0) is 11.1. The summed E-state index contributed by atoms with van der Waals surface area (Å²) in [6.45, 7) is 5.87. The molecule has 0 unspecified atom stereocenters. The van der Waals surface area contributed by atoms with Crippen molar-refractivity contribution in [2.24, 2.45) is 0 Å². The van der Waals surface area contributed by atoms with Crippen LogP contribution in [0.25, 0.3) is 0 Å². The number of nitrogens with one attached hydrogen (secondary N) is 1. The molecule has 0 aromatic heterocycles. The molecule has 1 fully saturated rings. The van der Waals surface area contributed by atoms with Crippen LogP contribution in [0.4, 0.5) is 4.79 Å². The van der Waals surface area contributed by atoms with E-state index in [0.717, 1.165) is 12.8 Å². The summed E-state index contributed by atoms with van der Waals surface area (Å²) < 4.78 is 5.03. The van der Waals surface area contributed by atoms with Crippen molar-refractivity contribution >= 4 is 6.09 Å². The van der Waals surface area contributed by atoms with E-state index in [1.54, 1.807) is 6.08 Å². The Hall–Kier alpha value is -0.990. The Bertz CT molecular complexity index is 216. The molecule has 1 aliphatic heterocycles. The molecule has 1 N–H and O–H groups in total. The molecule has 3 nitrogen and oxygen atoms in total. The van der Waals surface area contributed by atoms with Crippen molar-refractivity contribution in [1.82, 2.24) is 5.32 Å². The molecule has 0 saturated carbocycles. The van der Waals surface area contributed by atoms with Crippen molar-refractivity contribution in [3.8, 4) is 0 Å². The zero-order valence-corrected chi connectivity index (χ0v) is 9.50. The Labute approximate surface area is 91.9 Å². The van der Waals surface area contributed by atoms with Crippen molar-refractivity contribution < 1.29 is 9.53 Å². The molecule has 0 bridgehead atoms. The largest absolute Gasteiger partial charge is 0.440 e. The van der Waals surface area contributed by atoms with Crippen molar-refractivity contribution in [3.63, 3.8) is 0 Å². The molecule has 1 amide bonds. The molecule has 3 heteroatoms. The van der Waals surface area contributed by atoms with Gasteiger partial charge in [-0.15, -0.1) is 0 Å². The second kappa shape index (κ2) is 6.49. The third-order valence-corrected chi connectivity index (χ3v) is 2.79. The summed E-state index contributed by atoms with van der Waals surface area (Å²) in [5.41, 5.74) is 0. The van der Waals surface area contributed by atoms with E-state index in [1.165, 1.54) is 25.7 Å². The van der Waals surface area contributed by atoms with Gasteiger partial charge in [0.25, 0.3) is 0 Å². The van der Waals surface area contributed by atoms with E-state index in [2.05, 4.69) is 18.8 Å². The average molecular weight is 211 g/mol. The number of rotatable bonds is 7. The van der Waals surface area contributed by atoms with E-state index in [4.69, 9.17) is 4.74 Å². The molecule has 2 atom stereocenters. The number of carbonyl (C=O) groups excluding carboxylic acids is 1. The standard InChI is InChI=1S/C12H21NO2/c1-3-5-6-7-8-9-10-11(4-2)15-12(14)13-10/h4,10-11H,2-3,5-9H2,1H3,(H,13,14)/t10-,11+/m1/s1. The summed E-state index contributed by atoms with van der Waals surface area (Å²) in [6, 6.07) is 0.136. The van der Waals surface area contributed by atoms with Gasteiger partial charge in [-0.1, -0.05) is 45.6 Å². The highest BCUT2D eigenvalue weighted by atomic mass is 16.6. The van der Waals surface area contributed by atoms with Crippen LogP contribution < -0.4 is 5.32 Å². The molecule has 0 spiro atoms. The molecule has 0 radical (unpaired) electrons. The second-order valence-corrected chi connectivity index (χ2v) is 4.06. The first-order chi connectivity index (χ1) is 7.27. The Morgan fingerprint density at radius 2 is 2.13 bits per heavy atom. The van der Waals surface area contributed by atoms with Gasteiger partial charge in [-0.05, 0) is 12.5 Å². The average Bonchev–Trinajstić information content (AvgIpc) is 2.59. The van der Waals surface area contributed by atoms with E-state index < -0.39 is 0 Å². The minimum absolute atomic E-state index is 0.135. The summed E-state index contributed by atoms with van der Waals surface area (Å²) in [5.74, 6) is 0. The van der Waals surface area contributed by atoms with Gasteiger partial charge >= 0.3 is 6.09 Å². The van der Waals surface area contributed by atoms with Gasteiger partial charge in [-0.25, -0.2) is 4.79 Å². The first kappa shape index (κ1) is 12.1. The predicted molar refractivity (Wildman–Crippen MR) is 60.8 cm³/mol. The van der Waals surface area contributed by atoms with Crippen molar-refractivity contribution in [2.75, 3.05) is 0 Å². The quantitative estimate of drug-likeness (QED) is 0.519. The molecule has 1 heterocycles. The van der Waals surface area contributed by atoms with Crippen LogP contribution in [-0.2, 0) is 4.74 Å². The van der Waals surface area contributed by atoms with Crippen LogP contribution in [-0.4, -0.2) is 18.2 Å². The maximum absolute atomic E-state index is 11.0. The lowest BCUT2D eigenvalue weighted by Gasteiger charge is -2.12. The van der Waals surface area contributed by atoms with E-state index in [1.807, 2.05) is 0 Å². The number of ether oxygens (including phenoxy) is 1. The number of cyclic esters (lactones) is 1. The van der Waals surface area contributed by atoms with Crippen LogP contribution in [0, 0.1) is 0 Å². The van der Waals surface area contributed by atoms with Crippen LogP contribution in [0.5, 0.6) is 0 Å². The highest BCUT2D eigenvalue weighted by Gasteiger charge is 2.30. The molecule has 0 aromatic rings. The van der Waals surface area contributed by atoms with Gasteiger partial charge in [-0.3, -0.25) is 0 Å². The molecular weight excluding hydrogens is 190 g/mol. The number of alkyl carbamates (subject to hydrolysis) is 1. The zero-order valence-electron chi connectivity index (χ0n) is 9.50. The first-order valence-electron chi connectivity index (χ1n) is 5.87. The van der Waals surface area contributed by atoms with E-state index >= 15 is 0 Å². The van der Waals surface area contributed by atoms with E-state index in [-0.39, 0.29) is 18.2 Å². The third kappa shape index (κ3) is 3.94. The summed E-state index contributed by atoms with van der Waals surface area (Å²) in [7, 11) is 0. The molecule has 0 aromatic carbocycles. The summed E-state index contributed by atoms with van der Waals surface area (Å²) >= 11 is 0. The van der Waals surface area contributed by atoms with Gasteiger partial charge in [0.2, 0.25) is 0 Å². The highest BCUT2D eigenvalue weighted by molar-refractivity contribution is 5.70. The van der Waals surface area contributed by atoms with Gasteiger partial charge in [0.05, 0.1) is 6.04 Å². The molecule has 0 aliphatic carbocycles. The fourth-order valence-corrected chi connectivity index (χ4v) is 1.89. The minimum Gasteiger partial charge on any atom is -0.440 e. The lowest BCUT2D eigenvalue weighted by molar-refractivity contribution is 0.152. The smallest absolute Gasteiger partial charge is 0.408 e. The van der Waals surface area contributed by atoms with Gasteiger partial charge in [0, 0.05) is 0 Å². The normalized spacial score (nSPS) is 24.7. The third-order valence-electron chi connectivity index (χ3n) is 2.79. The van der Waals surface area contributed by atoms with Crippen LogP contribution in [0.15, 0.2) is 12.7 Å². The van der Waals surface area contributed by atoms with E-state index in [9.17, 15) is 4.79 Å². The molecule has 1 aliphatic rings. The maximum atomic E-state index is 11.0. The van der Waals surface area contributed by atoms with Gasteiger partial charge in [0.1, 0.15) is 6.10 Å². The minimum atomic E-state index is -0.307. The number of hydrogen-bond acceptors (Lipinski definition) is 2. The van der Waals surface area contributed by atoms with E-state index in [0.29, 0.717) is 0 Å². The molecule has 86 valence electrons. The van der Waals surface area contributed by atoms with Crippen molar-refractivity contribution in [3.05, 3.63) is 12.7 Å². The van der Waals surface area contributed by atoms with Gasteiger partial charge < -0.3 is 10.1 Å². The fourth-order valence-electron chi connectivity index (χ4n) is 1.89. The van der Waals surface area contributed by atoms with Gasteiger partial charge in [-0.2, -0.15) is 0 Å². The molecule has 1 rings (SSSR count). The Balaban J connectivity index is 2.14. The Morgan fingerprint density at radius 1 is 1.40 bits per heavy atom. The lowest BCUT2D eigenvalue weighted by Crippen LogP contribution is -2.30. The molecule has 15 heavy (non-hydrogen) atoms. The summed E-state index contributed by atoms with van der Waals surface area (Å²) in [5, 5.41) is 2.81. The summed E-state index contributed by atoms with van der Waals surface area (Å²) in [4.78, 5) is 11.0. The summed E-state index contributed by atoms with van der Waals surface area (Å²) in [6.07, 6.45) is 8.50. The predicted octanol–water partition coefficient (Wildman–Crippen LogP) is 3.01. The molecule has 1 saturated heterocycles. The van der Waals surface area contributed by atoms with Crippen molar-refractivity contribution in [2.45, 2.75) is 57.6 Å². The van der Waals surface area contributed by atoms with Crippen LogP contribution in [0.1, 0.15) is 45.4 Å². The maximum Gasteiger partial charge on any atom is 0.408 e. The van der Waals surface area contributed by atoms with Crippen molar-refractivity contribution in [1.29, 1.82) is 0 Å². The van der Waals surface area contributed by atoms with Crippen LogP contribution in [0.2, 0.25) is 0 Å². The number of unbranched alkanes of at least 4 members (excludes halogenated alkanes) is 4. The lowest BCUT2D eigenvalue weighted by atomic mass is 10.0. The topological polar surface area (TPSA) is 38.3 Å². The van der Waals surface area contributed by atoms with Crippen LogP contribution >= 0.6 is 0 Å².